The van der Waals surface area contributed by atoms with Crippen LogP contribution in [0.3, 0.4) is 0 Å². The fraction of sp³-hybridized carbons (Fsp3) is 0.727. The molecule has 1 aliphatic rings. The standard InChI is InChI=1S/C11H20N4/c1-9(12)10-5-3-4-7-15(10)11-13-6-8-14(11)2/h6,8-10H,3-5,7,12H2,1-2H3. The molecule has 0 aromatic carbocycles. The van der Waals surface area contributed by atoms with E-state index in [4.69, 9.17) is 5.73 Å². The quantitative estimate of drug-likeness (QED) is 0.792. The first kappa shape index (κ1) is 10.5. The van der Waals surface area contributed by atoms with Gasteiger partial charge in [0.2, 0.25) is 5.95 Å². The van der Waals surface area contributed by atoms with Gasteiger partial charge in [-0.3, -0.25) is 0 Å². The maximum Gasteiger partial charge on any atom is 0.205 e. The van der Waals surface area contributed by atoms with Crippen LogP contribution in [0.2, 0.25) is 0 Å². The SMILES string of the molecule is CC(N)C1CCCCN1c1nccn1C. The molecule has 2 atom stereocenters. The Kier molecular flexibility index (Phi) is 2.95. The monoisotopic (exact) mass is 208 g/mol. The predicted octanol–water partition coefficient (Wildman–Crippen LogP) is 1.13. The van der Waals surface area contributed by atoms with Gasteiger partial charge in [0.25, 0.3) is 0 Å². The first-order chi connectivity index (χ1) is 7.20. The summed E-state index contributed by atoms with van der Waals surface area (Å²) in [7, 11) is 2.04. The van der Waals surface area contributed by atoms with Crippen molar-refractivity contribution < 1.29 is 0 Å². The van der Waals surface area contributed by atoms with Crippen LogP contribution < -0.4 is 10.6 Å². The van der Waals surface area contributed by atoms with Crippen molar-refractivity contribution >= 4 is 5.95 Å². The summed E-state index contributed by atoms with van der Waals surface area (Å²) in [6.07, 6.45) is 7.55. The molecule has 0 bridgehead atoms. The molecule has 2 rings (SSSR count). The molecule has 0 amide bonds. The van der Waals surface area contributed by atoms with Crippen molar-refractivity contribution in [1.82, 2.24) is 9.55 Å². The van der Waals surface area contributed by atoms with Crippen molar-refractivity contribution in [1.29, 1.82) is 0 Å². The molecular weight excluding hydrogens is 188 g/mol. The van der Waals surface area contributed by atoms with E-state index in [0.717, 1.165) is 12.5 Å². The summed E-state index contributed by atoms with van der Waals surface area (Å²) in [4.78, 5) is 6.76. The van der Waals surface area contributed by atoms with E-state index in [1.165, 1.54) is 19.3 Å². The Bertz CT molecular complexity index is 318. The van der Waals surface area contributed by atoms with Gasteiger partial charge in [-0.05, 0) is 26.2 Å². The molecule has 84 valence electrons. The van der Waals surface area contributed by atoms with Crippen molar-refractivity contribution in [2.24, 2.45) is 12.8 Å². The van der Waals surface area contributed by atoms with Crippen molar-refractivity contribution in [3.8, 4) is 0 Å². The van der Waals surface area contributed by atoms with Gasteiger partial charge in [0.1, 0.15) is 0 Å². The second kappa shape index (κ2) is 4.23. The third kappa shape index (κ3) is 2.00. The van der Waals surface area contributed by atoms with Crippen LogP contribution in [0.1, 0.15) is 26.2 Å². The van der Waals surface area contributed by atoms with Crippen molar-refractivity contribution in [2.75, 3.05) is 11.4 Å². The first-order valence-electron chi connectivity index (χ1n) is 5.69. The van der Waals surface area contributed by atoms with Gasteiger partial charge >= 0.3 is 0 Å². The molecule has 2 N–H and O–H groups in total. The molecule has 1 aromatic rings. The highest BCUT2D eigenvalue weighted by molar-refractivity contribution is 5.34. The molecule has 1 aromatic heterocycles. The predicted molar refractivity (Wildman–Crippen MR) is 61.8 cm³/mol. The van der Waals surface area contributed by atoms with Gasteiger partial charge in [-0.25, -0.2) is 4.98 Å². The van der Waals surface area contributed by atoms with E-state index in [0.29, 0.717) is 6.04 Å². The minimum Gasteiger partial charge on any atom is -0.338 e. The van der Waals surface area contributed by atoms with Gasteiger partial charge in [0.05, 0.1) is 0 Å². The molecule has 15 heavy (non-hydrogen) atoms. The number of nitrogens with zero attached hydrogens (tertiary/aromatic N) is 3. The van der Waals surface area contributed by atoms with Crippen molar-refractivity contribution in [3.05, 3.63) is 12.4 Å². The third-order valence-electron chi connectivity index (χ3n) is 3.21. The molecule has 0 saturated carbocycles. The number of aromatic nitrogens is 2. The zero-order valence-corrected chi connectivity index (χ0v) is 9.56. The smallest absolute Gasteiger partial charge is 0.205 e. The molecule has 1 saturated heterocycles. The van der Waals surface area contributed by atoms with E-state index >= 15 is 0 Å². The van der Waals surface area contributed by atoms with Crippen LogP contribution in [0.25, 0.3) is 0 Å². The van der Waals surface area contributed by atoms with E-state index in [9.17, 15) is 0 Å². The highest BCUT2D eigenvalue weighted by atomic mass is 15.3. The van der Waals surface area contributed by atoms with E-state index in [1.807, 2.05) is 19.4 Å². The molecule has 4 nitrogen and oxygen atoms in total. The molecule has 2 heterocycles. The number of rotatable bonds is 2. The Labute approximate surface area is 91.1 Å². The maximum atomic E-state index is 6.03. The van der Waals surface area contributed by atoms with Gasteiger partial charge in [-0.2, -0.15) is 0 Å². The Morgan fingerprint density at radius 1 is 1.53 bits per heavy atom. The summed E-state index contributed by atoms with van der Waals surface area (Å²) in [5, 5.41) is 0. The highest BCUT2D eigenvalue weighted by Gasteiger charge is 2.27. The summed E-state index contributed by atoms with van der Waals surface area (Å²) in [6, 6.07) is 0.654. The van der Waals surface area contributed by atoms with Crippen LogP contribution in [-0.4, -0.2) is 28.2 Å². The van der Waals surface area contributed by atoms with E-state index in [2.05, 4.69) is 21.4 Å². The van der Waals surface area contributed by atoms with Gasteiger partial charge < -0.3 is 15.2 Å². The summed E-state index contributed by atoms with van der Waals surface area (Å²) in [6.45, 7) is 3.17. The van der Waals surface area contributed by atoms with Crippen LogP contribution in [0, 0.1) is 0 Å². The van der Waals surface area contributed by atoms with Crippen molar-refractivity contribution in [2.45, 2.75) is 38.3 Å². The Morgan fingerprint density at radius 3 is 2.93 bits per heavy atom. The number of anilines is 1. The van der Waals surface area contributed by atoms with Crippen LogP contribution in [0.5, 0.6) is 0 Å². The van der Waals surface area contributed by atoms with Crippen LogP contribution >= 0.6 is 0 Å². The molecule has 1 aliphatic heterocycles. The number of aryl methyl sites for hydroxylation is 1. The molecule has 1 fully saturated rings. The molecule has 0 aliphatic carbocycles. The number of piperidine rings is 1. The topological polar surface area (TPSA) is 47.1 Å². The Balaban J connectivity index is 2.21. The largest absolute Gasteiger partial charge is 0.338 e. The first-order valence-corrected chi connectivity index (χ1v) is 5.69. The van der Waals surface area contributed by atoms with Gasteiger partial charge in [-0.1, -0.05) is 0 Å². The average Bonchev–Trinajstić information content (AvgIpc) is 2.64. The van der Waals surface area contributed by atoms with Gasteiger partial charge in [-0.15, -0.1) is 0 Å². The molecule has 4 heteroatoms. The van der Waals surface area contributed by atoms with Gasteiger partial charge in [0, 0.05) is 38.1 Å². The lowest BCUT2D eigenvalue weighted by Crippen LogP contribution is -2.50. The number of hydrogen-bond acceptors (Lipinski definition) is 3. The van der Waals surface area contributed by atoms with E-state index in [-0.39, 0.29) is 6.04 Å². The van der Waals surface area contributed by atoms with E-state index in [1.54, 1.807) is 0 Å². The zero-order valence-electron chi connectivity index (χ0n) is 9.56. The fourth-order valence-corrected chi connectivity index (χ4v) is 2.39. The molecule has 0 spiro atoms. The van der Waals surface area contributed by atoms with Crippen LogP contribution in [-0.2, 0) is 7.05 Å². The Hall–Kier alpha value is -1.03. The average molecular weight is 208 g/mol. The lowest BCUT2D eigenvalue weighted by molar-refractivity contribution is 0.405. The normalized spacial score (nSPS) is 24.2. The maximum absolute atomic E-state index is 6.03. The second-order valence-corrected chi connectivity index (χ2v) is 4.45. The molecule has 2 unspecified atom stereocenters. The summed E-state index contributed by atoms with van der Waals surface area (Å²) in [5.41, 5.74) is 6.03. The minimum absolute atomic E-state index is 0.210. The highest BCUT2D eigenvalue weighted by Crippen LogP contribution is 2.24. The number of hydrogen-bond donors (Lipinski definition) is 1. The van der Waals surface area contributed by atoms with E-state index < -0.39 is 0 Å². The molecule has 0 radical (unpaired) electrons. The fourth-order valence-electron chi connectivity index (χ4n) is 2.39. The van der Waals surface area contributed by atoms with Crippen LogP contribution in [0.4, 0.5) is 5.95 Å². The summed E-state index contributed by atoms with van der Waals surface area (Å²) in [5.74, 6) is 1.05. The lowest BCUT2D eigenvalue weighted by atomic mass is 9.97. The number of nitrogens with two attached hydrogens (primary N) is 1. The van der Waals surface area contributed by atoms with Gasteiger partial charge in [0.15, 0.2) is 0 Å². The molecular formula is C11H20N4. The third-order valence-corrected chi connectivity index (χ3v) is 3.21. The van der Waals surface area contributed by atoms with Crippen LogP contribution in [0.15, 0.2) is 12.4 Å². The summed E-state index contributed by atoms with van der Waals surface area (Å²) >= 11 is 0. The zero-order chi connectivity index (χ0) is 10.8. The Morgan fingerprint density at radius 2 is 2.33 bits per heavy atom. The second-order valence-electron chi connectivity index (χ2n) is 4.45. The lowest BCUT2D eigenvalue weighted by Gasteiger charge is -2.38. The summed E-state index contributed by atoms with van der Waals surface area (Å²) < 4.78 is 2.07. The minimum atomic E-state index is 0.210. The number of imidazole rings is 1. The van der Waals surface area contributed by atoms with Crippen molar-refractivity contribution in [3.63, 3.8) is 0 Å².